The van der Waals surface area contributed by atoms with E-state index in [1.807, 2.05) is 0 Å². The van der Waals surface area contributed by atoms with Gasteiger partial charge in [-0.2, -0.15) is 0 Å². The van der Waals surface area contributed by atoms with Gasteiger partial charge >= 0.3 is 5.97 Å². The van der Waals surface area contributed by atoms with Crippen LogP contribution in [0.25, 0.3) is 10.8 Å². The topological polar surface area (TPSA) is 57.5 Å². The fraction of sp³-hybridized carbons (Fsp3) is 0.0833. The van der Waals surface area contributed by atoms with Crippen LogP contribution in [0.1, 0.15) is 17.8 Å². The molecule has 0 saturated carbocycles. The van der Waals surface area contributed by atoms with Crippen molar-refractivity contribution in [2.24, 2.45) is 0 Å². The summed E-state index contributed by atoms with van der Waals surface area (Å²) in [5.74, 6) is -0.763. The molecule has 2 aromatic rings. The van der Waals surface area contributed by atoms with Gasteiger partial charge in [0.2, 0.25) is 0 Å². The highest BCUT2D eigenvalue weighted by molar-refractivity contribution is 5.94. The first-order valence-electron chi connectivity index (χ1n) is 4.13. The van der Waals surface area contributed by atoms with Crippen molar-refractivity contribution in [1.29, 1.82) is 0 Å². The van der Waals surface area contributed by atoms with E-state index in [4.69, 9.17) is 5.11 Å². The third kappa shape index (κ3) is 2.07. The first-order chi connectivity index (χ1) is 6.66. The maximum absolute atomic E-state index is 10.7. The van der Waals surface area contributed by atoms with Gasteiger partial charge in [0.1, 0.15) is 5.75 Å². The summed E-state index contributed by atoms with van der Waals surface area (Å²) >= 11 is 0. The second-order valence-electron chi connectivity index (χ2n) is 3.05. The van der Waals surface area contributed by atoms with Gasteiger partial charge in [-0.3, -0.25) is 0 Å². The van der Waals surface area contributed by atoms with E-state index in [0.29, 0.717) is 0 Å². The first-order valence-corrected chi connectivity index (χ1v) is 4.13. The fourth-order valence-electron chi connectivity index (χ4n) is 1.37. The number of phenolic OH excluding ortho intramolecular Hbond substituents is 1. The molecule has 0 amide bonds. The van der Waals surface area contributed by atoms with Crippen molar-refractivity contribution >= 4 is 16.7 Å². The third-order valence-electron chi connectivity index (χ3n) is 2.07. The molecule has 0 aliphatic heterocycles. The van der Waals surface area contributed by atoms with Crippen molar-refractivity contribution in [2.75, 3.05) is 0 Å². The molecule has 0 spiro atoms. The molecule has 3 nitrogen and oxygen atoms in total. The molecular weight excluding hydrogens is 192 g/mol. The molecule has 0 heterocycles. The lowest BCUT2D eigenvalue weighted by Crippen LogP contribution is -1.94. The molecular formula is C12H12O3. The van der Waals surface area contributed by atoms with E-state index >= 15 is 0 Å². The molecule has 78 valence electrons. The minimum atomic E-state index is -0.944. The number of hydrogen-bond donors (Lipinski definition) is 2. The zero-order valence-corrected chi connectivity index (χ0v) is 7.27. The van der Waals surface area contributed by atoms with Crippen LogP contribution in [0.5, 0.6) is 5.75 Å². The van der Waals surface area contributed by atoms with Crippen LogP contribution in [-0.2, 0) is 0 Å². The molecule has 0 saturated heterocycles. The van der Waals surface area contributed by atoms with E-state index in [1.165, 1.54) is 12.1 Å². The summed E-state index contributed by atoms with van der Waals surface area (Å²) in [5.41, 5.74) is 0.253. The molecule has 0 radical (unpaired) electrons. The van der Waals surface area contributed by atoms with Crippen LogP contribution < -0.4 is 0 Å². The molecule has 3 heteroatoms. The smallest absolute Gasteiger partial charge is 0.335 e. The monoisotopic (exact) mass is 204 g/mol. The van der Waals surface area contributed by atoms with E-state index < -0.39 is 5.97 Å². The molecule has 0 unspecified atom stereocenters. The van der Waals surface area contributed by atoms with Crippen molar-refractivity contribution in [3.63, 3.8) is 0 Å². The van der Waals surface area contributed by atoms with E-state index in [0.717, 1.165) is 10.8 Å². The first kappa shape index (κ1) is 11.0. The highest BCUT2D eigenvalue weighted by atomic mass is 16.4. The van der Waals surface area contributed by atoms with Crippen LogP contribution in [0.15, 0.2) is 36.4 Å². The van der Waals surface area contributed by atoms with Gasteiger partial charge in [0.15, 0.2) is 0 Å². The van der Waals surface area contributed by atoms with E-state index in [1.54, 1.807) is 24.3 Å². The summed E-state index contributed by atoms with van der Waals surface area (Å²) in [5, 5.41) is 19.6. The number of fused-ring (bicyclic) bond motifs is 1. The van der Waals surface area contributed by atoms with Gasteiger partial charge in [0.25, 0.3) is 0 Å². The molecule has 0 atom stereocenters. The Labute approximate surface area is 87.6 Å². The van der Waals surface area contributed by atoms with Gasteiger partial charge < -0.3 is 10.2 Å². The zero-order valence-electron chi connectivity index (χ0n) is 7.27. The van der Waals surface area contributed by atoms with Crippen molar-refractivity contribution in [3.05, 3.63) is 42.0 Å². The number of hydrogen-bond acceptors (Lipinski definition) is 2. The van der Waals surface area contributed by atoms with Gasteiger partial charge in [0, 0.05) is 0 Å². The quantitative estimate of drug-likeness (QED) is 0.750. The number of phenols is 1. The van der Waals surface area contributed by atoms with Gasteiger partial charge in [-0.15, -0.1) is 0 Å². The van der Waals surface area contributed by atoms with Crippen LogP contribution in [0.2, 0.25) is 0 Å². The minimum Gasteiger partial charge on any atom is -0.508 e. The van der Waals surface area contributed by atoms with Gasteiger partial charge in [0.05, 0.1) is 5.56 Å². The molecule has 2 N–H and O–H groups in total. The van der Waals surface area contributed by atoms with Gasteiger partial charge in [-0.25, -0.2) is 4.79 Å². The van der Waals surface area contributed by atoms with Gasteiger partial charge in [-0.1, -0.05) is 19.6 Å². The lowest BCUT2D eigenvalue weighted by atomic mass is 10.1. The summed E-state index contributed by atoms with van der Waals surface area (Å²) in [4.78, 5) is 10.7. The van der Waals surface area contributed by atoms with Crippen molar-refractivity contribution in [1.82, 2.24) is 0 Å². The molecule has 0 aromatic heterocycles. The van der Waals surface area contributed by atoms with E-state index in [2.05, 4.69) is 0 Å². The van der Waals surface area contributed by atoms with Crippen molar-refractivity contribution in [3.8, 4) is 5.75 Å². The molecule has 2 aromatic carbocycles. The minimum absolute atomic E-state index is 0. The Morgan fingerprint density at radius 1 is 1.00 bits per heavy atom. The zero-order chi connectivity index (χ0) is 10.1. The molecule has 0 fully saturated rings. The second-order valence-corrected chi connectivity index (χ2v) is 3.05. The Morgan fingerprint density at radius 2 is 1.60 bits per heavy atom. The lowest BCUT2D eigenvalue weighted by Gasteiger charge is -2.00. The third-order valence-corrected chi connectivity index (χ3v) is 2.07. The predicted octanol–water partition coefficient (Wildman–Crippen LogP) is 2.88. The van der Waals surface area contributed by atoms with Crippen LogP contribution in [0, 0.1) is 0 Å². The molecule has 15 heavy (non-hydrogen) atoms. The van der Waals surface area contributed by atoms with E-state index in [-0.39, 0.29) is 18.7 Å². The molecule has 2 rings (SSSR count). The highest BCUT2D eigenvalue weighted by Crippen LogP contribution is 2.20. The maximum Gasteiger partial charge on any atom is 0.335 e. The lowest BCUT2D eigenvalue weighted by molar-refractivity contribution is 0.0697. The normalized spacial score (nSPS) is 9.60. The van der Waals surface area contributed by atoms with Gasteiger partial charge in [-0.05, 0) is 35.0 Å². The molecule has 0 aliphatic rings. The van der Waals surface area contributed by atoms with Crippen LogP contribution in [0.3, 0.4) is 0 Å². The number of aromatic carboxylic acids is 1. The Morgan fingerprint density at radius 3 is 2.27 bits per heavy atom. The second kappa shape index (κ2) is 4.00. The summed E-state index contributed by atoms with van der Waals surface area (Å²) in [6.07, 6.45) is 0. The largest absolute Gasteiger partial charge is 0.508 e. The highest BCUT2D eigenvalue weighted by Gasteiger charge is 2.03. The summed E-state index contributed by atoms with van der Waals surface area (Å²) in [6.45, 7) is 0. The summed E-state index contributed by atoms with van der Waals surface area (Å²) in [6, 6.07) is 9.60. The standard InChI is InChI=1S/C11H8O3.CH4/c12-10-4-3-7-5-9(11(13)14)2-1-8(7)6-10;/h1-6,12H,(H,13,14);1H4. The average molecular weight is 204 g/mol. The van der Waals surface area contributed by atoms with Crippen molar-refractivity contribution in [2.45, 2.75) is 7.43 Å². The van der Waals surface area contributed by atoms with Crippen LogP contribution in [0.4, 0.5) is 0 Å². The predicted molar refractivity (Wildman–Crippen MR) is 59.3 cm³/mol. The molecule has 0 aliphatic carbocycles. The molecule has 0 bridgehead atoms. The maximum atomic E-state index is 10.7. The Hall–Kier alpha value is -2.03. The number of carboxylic acid groups (broad SMARTS) is 1. The Balaban J connectivity index is 0.00000112. The number of carbonyl (C=O) groups is 1. The van der Waals surface area contributed by atoms with Crippen LogP contribution in [-0.4, -0.2) is 16.2 Å². The number of aromatic hydroxyl groups is 1. The summed E-state index contributed by atoms with van der Waals surface area (Å²) < 4.78 is 0. The number of benzene rings is 2. The Bertz CT molecular complexity index is 503. The SMILES string of the molecule is C.O=C(O)c1ccc2cc(O)ccc2c1. The average Bonchev–Trinajstić information content (AvgIpc) is 2.16. The van der Waals surface area contributed by atoms with E-state index in [9.17, 15) is 9.90 Å². The summed E-state index contributed by atoms with van der Waals surface area (Å²) in [7, 11) is 0. The van der Waals surface area contributed by atoms with Crippen LogP contribution >= 0.6 is 0 Å². The fourth-order valence-corrected chi connectivity index (χ4v) is 1.37. The Kier molecular flexibility index (Phi) is 2.95. The number of carboxylic acids is 1. The van der Waals surface area contributed by atoms with Crippen molar-refractivity contribution < 1.29 is 15.0 Å². The number of rotatable bonds is 1.